The largest absolute Gasteiger partial charge is 0.381 e. The second-order valence-electron chi connectivity index (χ2n) is 4.14. The highest BCUT2D eigenvalue weighted by molar-refractivity contribution is 7.91. The van der Waals surface area contributed by atoms with E-state index < -0.39 is 9.84 Å². The summed E-state index contributed by atoms with van der Waals surface area (Å²) < 4.78 is 28.0. The van der Waals surface area contributed by atoms with Gasteiger partial charge in [0.25, 0.3) is 0 Å². The van der Waals surface area contributed by atoms with Gasteiger partial charge in [-0.05, 0) is 25.7 Å². The Morgan fingerprint density at radius 3 is 2.47 bits per heavy atom. The Balaban J connectivity index is 3.68. The molecule has 0 aliphatic rings. The predicted molar refractivity (Wildman–Crippen MR) is 70.4 cm³/mol. The Kier molecular flexibility index (Phi) is 9.72. The Bertz CT molecular complexity index is 268. The van der Waals surface area contributed by atoms with Crippen molar-refractivity contribution in [1.82, 2.24) is 5.43 Å². The zero-order valence-electron chi connectivity index (χ0n) is 10.9. The average Bonchev–Trinajstić information content (AvgIpc) is 2.32. The highest BCUT2D eigenvalue weighted by atomic mass is 32.2. The Hall–Kier alpha value is -0.170. The van der Waals surface area contributed by atoms with Crippen molar-refractivity contribution in [3.8, 4) is 0 Å². The summed E-state index contributed by atoms with van der Waals surface area (Å²) in [4.78, 5) is 0. The first kappa shape index (κ1) is 16.8. The third kappa shape index (κ3) is 9.52. The number of ether oxygens (including phenoxy) is 1. The van der Waals surface area contributed by atoms with Crippen molar-refractivity contribution >= 4 is 9.84 Å². The molecular formula is C11H26N2O3S. The summed E-state index contributed by atoms with van der Waals surface area (Å²) in [6.45, 7) is 5.17. The van der Waals surface area contributed by atoms with Crippen LogP contribution in [0.25, 0.3) is 0 Å². The molecule has 0 saturated carbocycles. The van der Waals surface area contributed by atoms with E-state index in [1.807, 2.05) is 0 Å². The van der Waals surface area contributed by atoms with Gasteiger partial charge in [-0.25, -0.2) is 8.42 Å². The van der Waals surface area contributed by atoms with Crippen LogP contribution in [-0.2, 0) is 14.6 Å². The van der Waals surface area contributed by atoms with Gasteiger partial charge in [0, 0.05) is 25.0 Å². The lowest BCUT2D eigenvalue weighted by molar-refractivity contribution is 0.123. The van der Waals surface area contributed by atoms with E-state index >= 15 is 0 Å². The molecule has 0 aliphatic heterocycles. The topological polar surface area (TPSA) is 81.4 Å². The van der Waals surface area contributed by atoms with E-state index in [4.69, 9.17) is 10.6 Å². The standard InChI is InChI=1S/C11H26N2O3S/c1-3-8-16-9-7-11(13-12)6-5-10-17(14,15)4-2/h11,13H,3-10,12H2,1-2H3. The normalized spacial score (nSPS) is 13.8. The fraction of sp³-hybridized carbons (Fsp3) is 1.00. The van der Waals surface area contributed by atoms with Crippen LogP contribution in [0.3, 0.4) is 0 Å². The van der Waals surface area contributed by atoms with Gasteiger partial charge in [-0.3, -0.25) is 11.3 Å². The smallest absolute Gasteiger partial charge is 0.150 e. The zero-order chi connectivity index (χ0) is 13.1. The lowest BCUT2D eigenvalue weighted by Crippen LogP contribution is -2.36. The molecule has 0 aromatic heterocycles. The number of hydrogen-bond donors (Lipinski definition) is 2. The molecule has 0 rings (SSSR count). The quantitative estimate of drug-likeness (QED) is 0.329. The molecular weight excluding hydrogens is 240 g/mol. The van der Waals surface area contributed by atoms with Gasteiger partial charge < -0.3 is 4.74 Å². The van der Waals surface area contributed by atoms with E-state index in [0.717, 1.165) is 25.9 Å². The van der Waals surface area contributed by atoms with Gasteiger partial charge in [0.15, 0.2) is 0 Å². The molecule has 0 aliphatic carbocycles. The molecule has 0 spiro atoms. The fourth-order valence-corrected chi connectivity index (χ4v) is 2.37. The molecule has 17 heavy (non-hydrogen) atoms. The summed E-state index contributed by atoms with van der Waals surface area (Å²) in [6.07, 6.45) is 3.25. The van der Waals surface area contributed by atoms with Crippen molar-refractivity contribution in [1.29, 1.82) is 0 Å². The third-order valence-corrected chi connectivity index (χ3v) is 4.43. The minimum absolute atomic E-state index is 0.138. The van der Waals surface area contributed by atoms with Crippen LogP contribution in [-0.4, -0.2) is 39.2 Å². The van der Waals surface area contributed by atoms with Crippen LogP contribution in [0.5, 0.6) is 0 Å². The summed E-state index contributed by atoms with van der Waals surface area (Å²) >= 11 is 0. The maximum atomic E-state index is 11.3. The van der Waals surface area contributed by atoms with E-state index in [1.54, 1.807) is 6.92 Å². The molecule has 0 bridgehead atoms. The van der Waals surface area contributed by atoms with Crippen LogP contribution >= 0.6 is 0 Å². The minimum Gasteiger partial charge on any atom is -0.381 e. The van der Waals surface area contributed by atoms with E-state index in [1.165, 1.54) is 0 Å². The zero-order valence-corrected chi connectivity index (χ0v) is 11.8. The van der Waals surface area contributed by atoms with Gasteiger partial charge in [-0.2, -0.15) is 0 Å². The molecule has 0 aromatic rings. The number of hydrazine groups is 1. The number of sulfone groups is 1. The molecule has 1 unspecified atom stereocenters. The Morgan fingerprint density at radius 2 is 1.94 bits per heavy atom. The maximum Gasteiger partial charge on any atom is 0.150 e. The summed E-state index contributed by atoms with van der Waals surface area (Å²) in [5.74, 6) is 5.88. The molecule has 0 saturated heterocycles. The molecule has 104 valence electrons. The van der Waals surface area contributed by atoms with Crippen molar-refractivity contribution in [3.63, 3.8) is 0 Å². The minimum atomic E-state index is -2.85. The highest BCUT2D eigenvalue weighted by Gasteiger charge is 2.10. The number of nitrogens with one attached hydrogen (secondary N) is 1. The first-order valence-electron chi connectivity index (χ1n) is 6.30. The first-order valence-corrected chi connectivity index (χ1v) is 8.12. The number of hydrogen-bond acceptors (Lipinski definition) is 5. The van der Waals surface area contributed by atoms with Crippen molar-refractivity contribution in [3.05, 3.63) is 0 Å². The second-order valence-corrected chi connectivity index (χ2v) is 6.62. The Labute approximate surface area is 105 Å². The predicted octanol–water partition coefficient (Wildman–Crippen LogP) is 0.850. The van der Waals surface area contributed by atoms with Crippen molar-refractivity contribution in [2.45, 2.75) is 45.6 Å². The summed E-state index contributed by atoms with van der Waals surface area (Å²) in [5.41, 5.74) is 2.71. The molecule has 1 atom stereocenters. The number of nitrogens with two attached hydrogens (primary N) is 1. The highest BCUT2D eigenvalue weighted by Crippen LogP contribution is 2.04. The molecule has 0 aromatic carbocycles. The molecule has 5 nitrogen and oxygen atoms in total. The third-order valence-electron chi connectivity index (χ3n) is 2.64. The van der Waals surface area contributed by atoms with Gasteiger partial charge in [0.1, 0.15) is 9.84 Å². The lowest BCUT2D eigenvalue weighted by Gasteiger charge is -2.15. The molecule has 0 fully saturated rings. The molecule has 0 radical (unpaired) electrons. The van der Waals surface area contributed by atoms with Crippen LogP contribution in [0, 0.1) is 0 Å². The van der Waals surface area contributed by atoms with Crippen LogP contribution in [0.1, 0.15) is 39.5 Å². The number of rotatable bonds is 11. The summed E-state index contributed by atoms with van der Waals surface area (Å²) in [5, 5.41) is 0. The van der Waals surface area contributed by atoms with Gasteiger partial charge in [0.2, 0.25) is 0 Å². The molecule has 6 heteroatoms. The van der Waals surface area contributed by atoms with Crippen LogP contribution in [0.15, 0.2) is 0 Å². The van der Waals surface area contributed by atoms with E-state index in [9.17, 15) is 8.42 Å². The molecule has 3 N–H and O–H groups in total. The van der Waals surface area contributed by atoms with Crippen LogP contribution < -0.4 is 11.3 Å². The average molecular weight is 266 g/mol. The van der Waals surface area contributed by atoms with Crippen molar-refractivity contribution < 1.29 is 13.2 Å². The lowest BCUT2D eigenvalue weighted by atomic mass is 10.1. The monoisotopic (exact) mass is 266 g/mol. The maximum absolute atomic E-state index is 11.3. The van der Waals surface area contributed by atoms with Crippen molar-refractivity contribution in [2.75, 3.05) is 24.7 Å². The Morgan fingerprint density at radius 1 is 1.24 bits per heavy atom. The molecule has 0 amide bonds. The van der Waals surface area contributed by atoms with Gasteiger partial charge in [-0.1, -0.05) is 13.8 Å². The van der Waals surface area contributed by atoms with E-state index in [2.05, 4.69) is 12.3 Å². The SMILES string of the molecule is CCCOCCC(CCCS(=O)(=O)CC)NN. The summed E-state index contributed by atoms with van der Waals surface area (Å²) in [6, 6.07) is 0.138. The van der Waals surface area contributed by atoms with Crippen LogP contribution in [0.4, 0.5) is 0 Å². The summed E-state index contributed by atoms with van der Waals surface area (Å²) in [7, 11) is -2.85. The molecule has 0 heterocycles. The first-order chi connectivity index (χ1) is 8.05. The van der Waals surface area contributed by atoms with E-state index in [0.29, 0.717) is 13.0 Å². The second kappa shape index (κ2) is 9.82. The van der Waals surface area contributed by atoms with E-state index in [-0.39, 0.29) is 17.5 Å². The van der Waals surface area contributed by atoms with Crippen LogP contribution in [0.2, 0.25) is 0 Å². The van der Waals surface area contributed by atoms with Gasteiger partial charge in [0.05, 0.1) is 5.75 Å². The van der Waals surface area contributed by atoms with Crippen molar-refractivity contribution in [2.24, 2.45) is 5.84 Å². The van der Waals surface area contributed by atoms with Gasteiger partial charge >= 0.3 is 0 Å². The van der Waals surface area contributed by atoms with Gasteiger partial charge in [-0.15, -0.1) is 0 Å². The fourth-order valence-electron chi connectivity index (χ4n) is 1.48.